The highest BCUT2D eigenvalue weighted by Gasteiger charge is 2.40. The number of nitrogens with two attached hydrogens (primary N) is 1. The van der Waals surface area contributed by atoms with E-state index in [9.17, 15) is 5.11 Å². The first kappa shape index (κ1) is 14.8. The number of β-amino-alcohol motifs (C(OH)–C–C–N with tert-alkyl or cyclic N) is 1. The van der Waals surface area contributed by atoms with E-state index in [0.29, 0.717) is 5.56 Å². The van der Waals surface area contributed by atoms with E-state index in [1.54, 1.807) is 11.0 Å². The summed E-state index contributed by atoms with van der Waals surface area (Å²) in [7, 11) is 24.7. The summed E-state index contributed by atoms with van der Waals surface area (Å²) in [6.07, 6.45) is -0.729. The Kier molecular flexibility index (Phi) is 3.92. The van der Waals surface area contributed by atoms with Gasteiger partial charge in [0.1, 0.15) is 0 Å². The molecule has 1 heterocycles. The Hall–Kier alpha value is -0.640. The maximum absolute atomic E-state index is 9.70. The highest BCUT2D eigenvalue weighted by molar-refractivity contribution is 6.43. The van der Waals surface area contributed by atoms with Gasteiger partial charge in [0.25, 0.3) is 0 Å². The number of hydrogen-bond acceptors (Lipinski definition) is 3. The zero-order chi connectivity index (χ0) is 14.3. The van der Waals surface area contributed by atoms with Crippen LogP contribution in [0.2, 0.25) is 0 Å². The molecule has 8 radical (unpaired) electrons. The van der Waals surface area contributed by atoms with Crippen LogP contribution in [0.5, 0.6) is 0 Å². The van der Waals surface area contributed by atoms with Crippen molar-refractivity contribution in [2.75, 3.05) is 19.6 Å². The molecule has 19 heavy (non-hydrogen) atoms. The summed E-state index contributed by atoms with van der Waals surface area (Å²) in [5, 5.41) is 7.41. The average molecular weight is 246 g/mol. The van der Waals surface area contributed by atoms with E-state index in [2.05, 4.69) is 0 Å². The third kappa shape index (κ3) is 2.64. The van der Waals surface area contributed by atoms with Gasteiger partial charge in [-0.15, -0.1) is 0 Å². The smallest absolute Gasteiger partial charge is 0.0887 e. The van der Waals surface area contributed by atoms with E-state index in [1.807, 2.05) is 18.2 Å². The number of nitrogens with zero attached hydrogens (tertiary/aromatic N) is 1. The fraction of sp³-hybridized carbons (Fsp3) is 0.500. The first-order chi connectivity index (χ1) is 8.79. The Labute approximate surface area is 119 Å². The van der Waals surface area contributed by atoms with E-state index < -0.39 is 16.7 Å². The maximum Gasteiger partial charge on any atom is 0.0887 e. The molecule has 0 saturated heterocycles. The molecule has 0 aliphatic carbocycles. The normalized spacial score (nSPS) is 22.6. The molecule has 1 unspecified atom stereocenters. The van der Waals surface area contributed by atoms with Crippen LogP contribution in [0, 0.1) is 0 Å². The van der Waals surface area contributed by atoms with Gasteiger partial charge in [0.05, 0.1) is 37.5 Å². The molecular formula is C12H14B4N2O. The van der Waals surface area contributed by atoms with Gasteiger partial charge in [-0.3, -0.25) is 0 Å². The van der Waals surface area contributed by atoms with Crippen molar-refractivity contribution in [2.45, 2.75) is 16.7 Å². The molecule has 1 aromatic rings. The van der Waals surface area contributed by atoms with Crippen LogP contribution in [0.4, 0.5) is 0 Å². The van der Waals surface area contributed by atoms with Crippen LogP contribution in [0.15, 0.2) is 24.3 Å². The van der Waals surface area contributed by atoms with Crippen LogP contribution in [0.3, 0.4) is 0 Å². The fourth-order valence-corrected chi connectivity index (χ4v) is 2.48. The molecule has 0 fully saturated rings. The lowest BCUT2D eigenvalue weighted by atomic mass is 9.43. The number of benzene rings is 1. The number of aliphatic hydroxyl groups is 1. The van der Waals surface area contributed by atoms with Gasteiger partial charge in [0.15, 0.2) is 0 Å². The highest BCUT2D eigenvalue weighted by atomic mass is 16.3. The Morgan fingerprint density at radius 2 is 1.79 bits per heavy atom. The average Bonchev–Trinajstić information content (AvgIpc) is 2.36. The number of fused-ring (bicyclic) bond motifs is 1. The molecule has 3 nitrogen and oxygen atoms in total. The van der Waals surface area contributed by atoms with Gasteiger partial charge in [0.2, 0.25) is 0 Å². The van der Waals surface area contributed by atoms with Gasteiger partial charge in [-0.2, -0.15) is 0 Å². The quantitative estimate of drug-likeness (QED) is 0.622. The van der Waals surface area contributed by atoms with Crippen molar-refractivity contribution in [3.8, 4) is 0 Å². The van der Waals surface area contributed by atoms with Crippen molar-refractivity contribution in [3.63, 3.8) is 0 Å². The first-order valence-electron chi connectivity index (χ1n) is 6.17. The Bertz CT molecular complexity index is 467. The summed E-state index contributed by atoms with van der Waals surface area (Å²) < 4.78 is 0. The minimum absolute atomic E-state index is 0.121. The molecule has 1 aromatic carbocycles. The molecule has 0 bridgehead atoms. The summed E-state index contributed by atoms with van der Waals surface area (Å²) in [6, 6.07) is 7.28. The second-order valence-corrected chi connectivity index (χ2v) is 5.18. The van der Waals surface area contributed by atoms with Crippen LogP contribution in [-0.4, -0.2) is 67.1 Å². The van der Waals surface area contributed by atoms with Gasteiger partial charge >= 0.3 is 0 Å². The van der Waals surface area contributed by atoms with Gasteiger partial charge in [-0.05, 0) is 17.4 Å². The number of aliphatic hydroxyl groups excluding tert-OH is 1. The zero-order valence-electron chi connectivity index (χ0n) is 10.8. The minimum atomic E-state index is -1.23. The SMILES string of the molecule is [B]C1([B])CN(CC(O)CN)C([B])([B])c2ccccc21. The van der Waals surface area contributed by atoms with Crippen molar-refractivity contribution in [2.24, 2.45) is 5.73 Å². The highest BCUT2D eigenvalue weighted by Crippen LogP contribution is 2.37. The second-order valence-electron chi connectivity index (χ2n) is 5.18. The van der Waals surface area contributed by atoms with Crippen LogP contribution >= 0.6 is 0 Å². The Balaban J connectivity index is 2.42. The number of rotatable bonds is 3. The zero-order valence-corrected chi connectivity index (χ0v) is 10.8. The first-order valence-corrected chi connectivity index (χ1v) is 6.17. The fourth-order valence-electron chi connectivity index (χ4n) is 2.48. The molecule has 2 rings (SSSR count). The summed E-state index contributed by atoms with van der Waals surface area (Å²) in [5.41, 5.74) is 6.80. The summed E-state index contributed by atoms with van der Waals surface area (Å²) in [5.74, 6) is 0. The molecular weight excluding hydrogens is 231 g/mol. The van der Waals surface area contributed by atoms with Crippen LogP contribution in [0.25, 0.3) is 0 Å². The molecule has 1 aliphatic heterocycles. The van der Waals surface area contributed by atoms with Crippen molar-refractivity contribution >= 4 is 31.4 Å². The largest absolute Gasteiger partial charge is 0.390 e. The molecule has 1 atom stereocenters. The van der Waals surface area contributed by atoms with Crippen molar-refractivity contribution in [1.29, 1.82) is 0 Å². The molecule has 1 aliphatic rings. The van der Waals surface area contributed by atoms with Gasteiger partial charge < -0.3 is 15.7 Å². The van der Waals surface area contributed by atoms with Crippen LogP contribution in [0.1, 0.15) is 11.1 Å². The van der Waals surface area contributed by atoms with Crippen molar-refractivity contribution in [3.05, 3.63) is 35.4 Å². The number of hydrogen-bond donors (Lipinski definition) is 2. The summed E-state index contributed by atoms with van der Waals surface area (Å²) >= 11 is 0. The van der Waals surface area contributed by atoms with Gasteiger partial charge in [-0.1, -0.05) is 35.0 Å². The summed E-state index contributed by atoms with van der Waals surface area (Å²) in [6.45, 7) is 0.582. The molecule has 3 N–H and O–H groups in total. The monoisotopic (exact) mass is 246 g/mol. The summed E-state index contributed by atoms with van der Waals surface area (Å²) in [4.78, 5) is 1.66. The topological polar surface area (TPSA) is 49.5 Å². The Morgan fingerprint density at radius 3 is 2.37 bits per heavy atom. The predicted octanol–water partition coefficient (Wildman–Crippen LogP) is -1.74. The van der Waals surface area contributed by atoms with Gasteiger partial charge in [-0.25, -0.2) is 0 Å². The lowest BCUT2D eigenvalue weighted by Gasteiger charge is -2.52. The third-order valence-corrected chi connectivity index (χ3v) is 3.54. The van der Waals surface area contributed by atoms with E-state index in [1.165, 1.54) is 0 Å². The van der Waals surface area contributed by atoms with E-state index in [-0.39, 0.29) is 19.6 Å². The standard InChI is InChI=1S/C12H14B4N2O/c13-11(14)7-18(6-8(19)5-17)12(15,16)10-4-2-1-3-9(10)11/h1-4,8,19H,5-7,17H2. The second kappa shape index (κ2) is 5.04. The van der Waals surface area contributed by atoms with Crippen molar-refractivity contribution < 1.29 is 5.11 Å². The maximum atomic E-state index is 9.70. The van der Waals surface area contributed by atoms with E-state index in [4.69, 9.17) is 37.1 Å². The molecule has 0 spiro atoms. The third-order valence-electron chi connectivity index (χ3n) is 3.54. The van der Waals surface area contributed by atoms with Crippen molar-refractivity contribution in [1.82, 2.24) is 4.90 Å². The molecule has 0 amide bonds. The lowest BCUT2D eigenvalue weighted by Crippen LogP contribution is -2.60. The van der Waals surface area contributed by atoms with Crippen LogP contribution < -0.4 is 5.73 Å². The van der Waals surface area contributed by atoms with E-state index >= 15 is 0 Å². The van der Waals surface area contributed by atoms with E-state index in [0.717, 1.165) is 5.56 Å². The predicted molar refractivity (Wildman–Crippen MR) is 79.4 cm³/mol. The minimum Gasteiger partial charge on any atom is -0.390 e. The lowest BCUT2D eigenvalue weighted by molar-refractivity contribution is 0.0914. The molecule has 0 saturated carbocycles. The Morgan fingerprint density at radius 1 is 1.21 bits per heavy atom. The molecule has 90 valence electrons. The molecule has 0 aromatic heterocycles. The molecule has 7 heteroatoms. The van der Waals surface area contributed by atoms with Gasteiger partial charge in [0, 0.05) is 13.1 Å². The van der Waals surface area contributed by atoms with Crippen LogP contribution in [-0.2, 0) is 10.6 Å².